The Labute approximate surface area is 177 Å². The summed E-state index contributed by atoms with van der Waals surface area (Å²) in [5.74, 6) is 0.849. The van der Waals surface area contributed by atoms with Gasteiger partial charge in [0.15, 0.2) is 5.01 Å². The van der Waals surface area contributed by atoms with E-state index in [1.165, 1.54) is 11.3 Å². The first-order valence-corrected chi connectivity index (χ1v) is 10.6. The van der Waals surface area contributed by atoms with Crippen molar-refractivity contribution in [3.63, 3.8) is 0 Å². The number of nitrogens with zero attached hydrogens (tertiary/aromatic N) is 6. The molecule has 0 saturated heterocycles. The van der Waals surface area contributed by atoms with Crippen LogP contribution in [0.2, 0.25) is 0 Å². The average Bonchev–Trinajstić information content (AvgIpc) is 3.46. The highest BCUT2D eigenvalue weighted by molar-refractivity contribution is 7.14. The minimum atomic E-state index is -0.147. The maximum Gasteiger partial charge on any atom is 0.270 e. The largest absolute Gasteiger partial charge is 0.347 e. The monoisotopic (exact) mass is 419 g/mol. The first kappa shape index (κ1) is 18.7. The molecule has 3 aromatic heterocycles. The van der Waals surface area contributed by atoms with Gasteiger partial charge in [0, 0.05) is 37.8 Å². The standard InChI is InChI=1S/C21H21N7OS/c1-13-25-26-21(30-13)16-11-22-27(2)19(16)20(29)23-15-8-9-28-12-17(24-18(28)10-15)14-6-4-3-5-7-14/h3-7,11-12,15H,8-10H2,1-2H3,(H,23,29). The first-order chi connectivity index (χ1) is 14.6. The van der Waals surface area contributed by atoms with Crippen molar-refractivity contribution < 1.29 is 4.79 Å². The zero-order chi connectivity index (χ0) is 20.7. The zero-order valence-corrected chi connectivity index (χ0v) is 17.6. The molecule has 1 N–H and O–H groups in total. The van der Waals surface area contributed by atoms with Gasteiger partial charge in [0.05, 0.1) is 17.5 Å². The lowest BCUT2D eigenvalue weighted by Crippen LogP contribution is -2.41. The Bertz CT molecular complexity index is 1210. The van der Waals surface area contributed by atoms with Gasteiger partial charge in [-0.2, -0.15) is 5.10 Å². The fourth-order valence-electron chi connectivity index (χ4n) is 3.82. The number of carbonyl (C=O) groups excluding carboxylic acids is 1. The number of hydrogen-bond donors (Lipinski definition) is 1. The fraction of sp³-hybridized carbons (Fsp3) is 0.286. The molecule has 1 aliphatic rings. The number of benzene rings is 1. The molecule has 0 spiro atoms. The van der Waals surface area contributed by atoms with E-state index in [2.05, 4.69) is 43.5 Å². The summed E-state index contributed by atoms with van der Waals surface area (Å²) < 4.78 is 3.78. The molecule has 1 amide bonds. The second-order valence-corrected chi connectivity index (χ2v) is 8.60. The van der Waals surface area contributed by atoms with Crippen LogP contribution in [0.3, 0.4) is 0 Å². The summed E-state index contributed by atoms with van der Waals surface area (Å²) in [6, 6.07) is 10.2. The maximum atomic E-state index is 13.1. The van der Waals surface area contributed by atoms with Gasteiger partial charge in [0.2, 0.25) is 0 Å². The molecule has 4 aromatic rings. The van der Waals surface area contributed by atoms with E-state index in [0.717, 1.165) is 35.1 Å². The van der Waals surface area contributed by atoms with Gasteiger partial charge >= 0.3 is 0 Å². The summed E-state index contributed by atoms with van der Waals surface area (Å²) >= 11 is 1.45. The van der Waals surface area contributed by atoms with Crippen LogP contribution in [0.1, 0.15) is 27.7 Å². The van der Waals surface area contributed by atoms with Crippen LogP contribution in [0.15, 0.2) is 42.7 Å². The highest BCUT2D eigenvalue weighted by atomic mass is 32.1. The summed E-state index contributed by atoms with van der Waals surface area (Å²) in [5, 5.41) is 17.2. The minimum absolute atomic E-state index is 0.0231. The molecule has 8 nitrogen and oxygen atoms in total. The average molecular weight is 420 g/mol. The van der Waals surface area contributed by atoms with Gasteiger partial charge in [0.1, 0.15) is 16.5 Å². The van der Waals surface area contributed by atoms with Crippen LogP contribution in [-0.2, 0) is 20.0 Å². The molecule has 0 aliphatic carbocycles. The van der Waals surface area contributed by atoms with Crippen LogP contribution in [0, 0.1) is 6.92 Å². The van der Waals surface area contributed by atoms with Crippen molar-refractivity contribution in [3.05, 3.63) is 59.3 Å². The number of rotatable bonds is 4. The summed E-state index contributed by atoms with van der Waals surface area (Å²) in [6.45, 7) is 2.72. The molecule has 0 radical (unpaired) electrons. The van der Waals surface area contributed by atoms with Crippen molar-refractivity contribution in [2.45, 2.75) is 32.4 Å². The van der Waals surface area contributed by atoms with Crippen molar-refractivity contribution >= 4 is 17.2 Å². The predicted molar refractivity (Wildman–Crippen MR) is 114 cm³/mol. The lowest BCUT2D eigenvalue weighted by atomic mass is 10.1. The molecule has 1 aliphatic heterocycles. The topological polar surface area (TPSA) is 90.5 Å². The third-order valence-corrected chi connectivity index (χ3v) is 6.19. The molecular weight excluding hydrogens is 398 g/mol. The minimum Gasteiger partial charge on any atom is -0.347 e. The number of nitrogens with one attached hydrogen (secondary N) is 1. The van der Waals surface area contributed by atoms with E-state index < -0.39 is 0 Å². The Hall–Kier alpha value is -3.33. The van der Waals surface area contributed by atoms with Crippen molar-refractivity contribution in [3.8, 4) is 21.8 Å². The van der Waals surface area contributed by atoms with E-state index in [9.17, 15) is 4.79 Å². The molecule has 0 bridgehead atoms. The predicted octanol–water partition coefficient (Wildman–Crippen LogP) is 2.86. The lowest BCUT2D eigenvalue weighted by molar-refractivity contribution is 0.0921. The summed E-state index contributed by atoms with van der Waals surface area (Å²) in [5.41, 5.74) is 3.29. The maximum absolute atomic E-state index is 13.1. The molecular formula is C21H21N7OS. The summed E-state index contributed by atoms with van der Waals surface area (Å²) in [6.07, 6.45) is 5.33. The first-order valence-electron chi connectivity index (χ1n) is 9.83. The van der Waals surface area contributed by atoms with Gasteiger partial charge in [0.25, 0.3) is 5.91 Å². The number of fused-ring (bicyclic) bond motifs is 1. The van der Waals surface area contributed by atoms with E-state index in [1.54, 1.807) is 17.9 Å². The number of imidazole rings is 1. The highest BCUT2D eigenvalue weighted by Gasteiger charge is 2.26. The quantitative estimate of drug-likeness (QED) is 0.549. The Morgan fingerprint density at radius 1 is 1.23 bits per heavy atom. The number of aryl methyl sites for hydroxylation is 3. The normalized spacial score (nSPS) is 15.7. The molecule has 0 saturated carbocycles. The van der Waals surface area contributed by atoms with Gasteiger partial charge in [-0.3, -0.25) is 9.48 Å². The smallest absolute Gasteiger partial charge is 0.270 e. The molecule has 1 unspecified atom stereocenters. The van der Waals surface area contributed by atoms with Gasteiger partial charge in [-0.1, -0.05) is 41.7 Å². The molecule has 1 aromatic carbocycles. The Balaban J connectivity index is 1.34. The SMILES string of the molecule is Cc1nnc(-c2cnn(C)c2C(=O)NC2CCn3cc(-c4ccccc4)nc3C2)s1. The molecule has 152 valence electrons. The van der Waals surface area contributed by atoms with E-state index in [0.29, 0.717) is 22.7 Å². The molecule has 4 heterocycles. The van der Waals surface area contributed by atoms with Crippen molar-refractivity contribution in [2.75, 3.05) is 0 Å². The lowest BCUT2D eigenvalue weighted by Gasteiger charge is -2.24. The van der Waals surface area contributed by atoms with Crippen LogP contribution in [-0.4, -0.2) is 41.5 Å². The van der Waals surface area contributed by atoms with Crippen molar-refractivity contribution in [1.29, 1.82) is 0 Å². The molecule has 9 heteroatoms. The van der Waals surface area contributed by atoms with Crippen LogP contribution in [0.4, 0.5) is 0 Å². The molecule has 1 atom stereocenters. The van der Waals surface area contributed by atoms with Crippen molar-refractivity contribution in [2.24, 2.45) is 7.05 Å². The van der Waals surface area contributed by atoms with Crippen LogP contribution in [0.25, 0.3) is 21.8 Å². The summed E-state index contributed by atoms with van der Waals surface area (Å²) in [4.78, 5) is 17.9. The molecule has 5 rings (SSSR count). The van der Waals surface area contributed by atoms with Crippen LogP contribution < -0.4 is 5.32 Å². The third kappa shape index (κ3) is 3.41. The number of amides is 1. The van der Waals surface area contributed by atoms with Crippen LogP contribution >= 0.6 is 11.3 Å². The Kier molecular flexibility index (Phi) is 4.66. The van der Waals surface area contributed by atoms with E-state index in [-0.39, 0.29) is 11.9 Å². The number of hydrogen-bond acceptors (Lipinski definition) is 6. The fourth-order valence-corrected chi connectivity index (χ4v) is 4.52. The zero-order valence-electron chi connectivity index (χ0n) is 16.7. The van der Waals surface area contributed by atoms with E-state index in [1.807, 2.05) is 25.1 Å². The van der Waals surface area contributed by atoms with Crippen LogP contribution in [0.5, 0.6) is 0 Å². The highest BCUT2D eigenvalue weighted by Crippen LogP contribution is 2.27. The van der Waals surface area contributed by atoms with Gasteiger partial charge in [-0.15, -0.1) is 10.2 Å². The Morgan fingerprint density at radius 2 is 2.07 bits per heavy atom. The second-order valence-electron chi connectivity index (χ2n) is 7.42. The van der Waals surface area contributed by atoms with E-state index in [4.69, 9.17) is 4.98 Å². The molecule has 30 heavy (non-hydrogen) atoms. The van der Waals surface area contributed by atoms with Gasteiger partial charge in [-0.05, 0) is 13.3 Å². The third-order valence-electron chi connectivity index (χ3n) is 5.32. The van der Waals surface area contributed by atoms with Gasteiger partial charge < -0.3 is 9.88 Å². The number of carbonyl (C=O) groups is 1. The summed E-state index contributed by atoms with van der Waals surface area (Å²) in [7, 11) is 1.77. The number of aromatic nitrogens is 6. The van der Waals surface area contributed by atoms with Gasteiger partial charge in [-0.25, -0.2) is 4.98 Å². The molecule has 0 fully saturated rings. The Morgan fingerprint density at radius 3 is 2.83 bits per heavy atom. The second kappa shape index (κ2) is 7.49. The van der Waals surface area contributed by atoms with Crippen molar-refractivity contribution in [1.82, 2.24) is 34.8 Å². The van der Waals surface area contributed by atoms with E-state index >= 15 is 0 Å².